The molecule has 1 saturated carbocycles. The van der Waals surface area contributed by atoms with Gasteiger partial charge in [-0.1, -0.05) is 6.42 Å². The molecule has 1 aliphatic carbocycles. The first-order valence-electron chi connectivity index (χ1n) is 5.68. The zero-order valence-corrected chi connectivity index (χ0v) is 9.08. The Hall–Kier alpha value is -0.120. The van der Waals surface area contributed by atoms with Gasteiger partial charge in [0.2, 0.25) is 0 Å². The lowest BCUT2D eigenvalue weighted by Gasteiger charge is -2.13. The molecule has 0 saturated heterocycles. The van der Waals surface area contributed by atoms with Gasteiger partial charge in [-0.25, -0.2) is 0 Å². The lowest BCUT2D eigenvalue weighted by molar-refractivity contribution is 0.0381. The van der Waals surface area contributed by atoms with Crippen LogP contribution in [0.4, 0.5) is 0 Å². The van der Waals surface area contributed by atoms with E-state index in [9.17, 15) is 5.11 Å². The van der Waals surface area contributed by atoms with Crippen LogP contribution in [0, 0.1) is 5.92 Å². The van der Waals surface area contributed by atoms with E-state index in [0.29, 0.717) is 19.1 Å². The third kappa shape index (κ3) is 4.40. The molecule has 14 heavy (non-hydrogen) atoms. The summed E-state index contributed by atoms with van der Waals surface area (Å²) in [5.41, 5.74) is 0. The summed E-state index contributed by atoms with van der Waals surface area (Å²) in [5.74, 6) is 0.474. The minimum absolute atomic E-state index is 0.0782. The lowest BCUT2D eigenvalue weighted by atomic mass is 10.0. The van der Waals surface area contributed by atoms with E-state index >= 15 is 0 Å². The van der Waals surface area contributed by atoms with Crippen LogP contribution < -0.4 is 0 Å². The fourth-order valence-corrected chi connectivity index (χ4v) is 1.95. The van der Waals surface area contributed by atoms with E-state index < -0.39 is 0 Å². The summed E-state index contributed by atoms with van der Waals surface area (Å²) in [4.78, 5) is 0. The van der Waals surface area contributed by atoms with Gasteiger partial charge in [-0.05, 0) is 32.1 Å². The normalized spacial score (nSPS) is 27.0. The number of hydrogen-bond acceptors (Lipinski definition) is 3. The summed E-state index contributed by atoms with van der Waals surface area (Å²) < 4.78 is 10.6. The van der Waals surface area contributed by atoms with Gasteiger partial charge < -0.3 is 14.6 Å². The van der Waals surface area contributed by atoms with Crippen LogP contribution in [0.15, 0.2) is 0 Å². The first kappa shape index (κ1) is 12.0. The second kappa shape index (κ2) is 7.21. The zero-order valence-electron chi connectivity index (χ0n) is 9.08. The van der Waals surface area contributed by atoms with E-state index in [2.05, 4.69) is 0 Å². The van der Waals surface area contributed by atoms with E-state index in [1.807, 2.05) is 6.92 Å². The average Bonchev–Trinajstić information content (AvgIpc) is 2.58. The van der Waals surface area contributed by atoms with E-state index in [4.69, 9.17) is 9.47 Å². The van der Waals surface area contributed by atoms with E-state index in [-0.39, 0.29) is 6.10 Å². The molecule has 0 aromatic heterocycles. The molecule has 3 nitrogen and oxygen atoms in total. The highest BCUT2D eigenvalue weighted by Crippen LogP contribution is 2.27. The minimum Gasteiger partial charge on any atom is -0.393 e. The van der Waals surface area contributed by atoms with Gasteiger partial charge in [-0.3, -0.25) is 0 Å². The molecule has 0 bridgehead atoms. The molecule has 0 aliphatic heterocycles. The Morgan fingerprint density at radius 2 is 1.93 bits per heavy atom. The number of rotatable bonds is 7. The largest absolute Gasteiger partial charge is 0.393 e. The van der Waals surface area contributed by atoms with Gasteiger partial charge in [0.25, 0.3) is 0 Å². The van der Waals surface area contributed by atoms with Crippen molar-refractivity contribution in [3.05, 3.63) is 0 Å². The molecular weight excluding hydrogens is 180 g/mol. The fraction of sp³-hybridized carbons (Fsp3) is 1.00. The van der Waals surface area contributed by atoms with Crippen LogP contribution in [-0.2, 0) is 9.47 Å². The minimum atomic E-state index is -0.0782. The standard InChI is InChI=1S/C11H22O3/c1-2-13-8-9-14-7-6-10-4-3-5-11(10)12/h10-12H,2-9H2,1H3. The molecule has 1 rings (SSSR count). The van der Waals surface area contributed by atoms with Crippen molar-refractivity contribution in [2.75, 3.05) is 26.4 Å². The highest BCUT2D eigenvalue weighted by Gasteiger charge is 2.24. The van der Waals surface area contributed by atoms with Crippen LogP contribution in [0.2, 0.25) is 0 Å². The van der Waals surface area contributed by atoms with Gasteiger partial charge in [0.1, 0.15) is 0 Å². The molecule has 0 radical (unpaired) electrons. The summed E-state index contributed by atoms with van der Waals surface area (Å²) in [7, 11) is 0. The predicted molar refractivity (Wildman–Crippen MR) is 55.3 cm³/mol. The molecule has 0 amide bonds. The van der Waals surface area contributed by atoms with Crippen LogP contribution >= 0.6 is 0 Å². The van der Waals surface area contributed by atoms with Crippen molar-refractivity contribution in [2.45, 2.75) is 38.7 Å². The van der Waals surface area contributed by atoms with E-state index in [1.54, 1.807) is 0 Å². The molecule has 0 aromatic rings. The van der Waals surface area contributed by atoms with E-state index in [1.165, 1.54) is 6.42 Å². The van der Waals surface area contributed by atoms with Crippen molar-refractivity contribution in [1.82, 2.24) is 0 Å². The maximum Gasteiger partial charge on any atom is 0.0700 e. The maximum atomic E-state index is 9.55. The number of ether oxygens (including phenoxy) is 2. The Morgan fingerprint density at radius 1 is 1.14 bits per heavy atom. The van der Waals surface area contributed by atoms with Crippen molar-refractivity contribution in [1.29, 1.82) is 0 Å². The highest BCUT2D eigenvalue weighted by atomic mass is 16.5. The fourth-order valence-electron chi connectivity index (χ4n) is 1.95. The van der Waals surface area contributed by atoms with Gasteiger partial charge in [-0.15, -0.1) is 0 Å². The monoisotopic (exact) mass is 202 g/mol. The van der Waals surface area contributed by atoms with E-state index in [0.717, 1.165) is 32.5 Å². The van der Waals surface area contributed by atoms with Crippen LogP contribution in [0.3, 0.4) is 0 Å². The lowest BCUT2D eigenvalue weighted by Crippen LogP contribution is -2.16. The molecule has 0 heterocycles. The second-order valence-corrected chi connectivity index (χ2v) is 3.86. The van der Waals surface area contributed by atoms with Crippen LogP contribution in [0.1, 0.15) is 32.6 Å². The number of hydrogen-bond donors (Lipinski definition) is 1. The SMILES string of the molecule is CCOCCOCCC1CCCC1O. The molecule has 84 valence electrons. The molecule has 2 unspecified atom stereocenters. The third-order valence-corrected chi connectivity index (χ3v) is 2.83. The quantitative estimate of drug-likeness (QED) is 0.637. The smallest absolute Gasteiger partial charge is 0.0700 e. The Bertz CT molecular complexity index is 138. The molecule has 1 aliphatic rings. The summed E-state index contributed by atoms with van der Waals surface area (Å²) in [5, 5.41) is 9.55. The van der Waals surface area contributed by atoms with Crippen molar-refractivity contribution >= 4 is 0 Å². The summed E-state index contributed by atoms with van der Waals surface area (Å²) in [6.07, 6.45) is 4.22. The predicted octanol–water partition coefficient (Wildman–Crippen LogP) is 1.59. The van der Waals surface area contributed by atoms with Gasteiger partial charge in [0, 0.05) is 13.2 Å². The van der Waals surface area contributed by atoms with Crippen molar-refractivity contribution < 1.29 is 14.6 Å². The Balaban J connectivity index is 1.88. The second-order valence-electron chi connectivity index (χ2n) is 3.86. The third-order valence-electron chi connectivity index (χ3n) is 2.83. The maximum absolute atomic E-state index is 9.55. The van der Waals surface area contributed by atoms with Crippen molar-refractivity contribution in [2.24, 2.45) is 5.92 Å². The van der Waals surface area contributed by atoms with Crippen LogP contribution in [-0.4, -0.2) is 37.6 Å². The Kier molecular flexibility index (Phi) is 6.15. The first-order chi connectivity index (χ1) is 6.84. The van der Waals surface area contributed by atoms with Crippen LogP contribution in [0.25, 0.3) is 0 Å². The number of aliphatic hydroxyl groups is 1. The molecule has 1 fully saturated rings. The Morgan fingerprint density at radius 3 is 2.57 bits per heavy atom. The van der Waals surface area contributed by atoms with Gasteiger partial charge in [-0.2, -0.15) is 0 Å². The topological polar surface area (TPSA) is 38.7 Å². The molecule has 2 atom stereocenters. The van der Waals surface area contributed by atoms with Gasteiger partial charge in [0.05, 0.1) is 19.3 Å². The summed E-state index contributed by atoms with van der Waals surface area (Å²) in [6, 6.07) is 0. The number of aliphatic hydroxyl groups excluding tert-OH is 1. The van der Waals surface area contributed by atoms with Crippen molar-refractivity contribution in [3.8, 4) is 0 Å². The molecule has 0 aromatic carbocycles. The highest BCUT2D eigenvalue weighted by molar-refractivity contribution is 4.76. The average molecular weight is 202 g/mol. The summed E-state index contributed by atoms with van der Waals surface area (Å²) >= 11 is 0. The molecule has 3 heteroatoms. The molecular formula is C11H22O3. The van der Waals surface area contributed by atoms with Gasteiger partial charge >= 0.3 is 0 Å². The van der Waals surface area contributed by atoms with Gasteiger partial charge in [0.15, 0.2) is 0 Å². The summed E-state index contributed by atoms with van der Waals surface area (Å²) in [6.45, 7) is 4.86. The molecule has 1 N–H and O–H groups in total. The van der Waals surface area contributed by atoms with Crippen LogP contribution in [0.5, 0.6) is 0 Å². The van der Waals surface area contributed by atoms with Crippen molar-refractivity contribution in [3.63, 3.8) is 0 Å². The first-order valence-corrected chi connectivity index (χ1v) is 5.68. The molecule has 0 spiro atoms. The zero-order chi connectivity index (χ0) is 10.2. The Labute approximate surface area is 86.4 Å².